The Labute approximate surface area is 124 Å². The van der Waals surface area contributed by atoms with Gasteiger partial charge in [-0.05, 0) is 25.1 Å². The molecule has 1 atom stereocenters. The van der Waals surface area contributed by atoms with Crippen LogP contribution in [0.5, 0.6) is 0 Å². The molecule has 2 N–H and O–H groups in total. The van der Waals surface area contributed by atoms with Crippen LogP contribution in [0.25, 0.3) is 0 Å². The van der Waals surface area contributed by atoms with Crippen molar-refractivity contribution in [2.24, 2.45) is 0 Å². The normalized spacial score (nSPS) is 19.6. The van der Waals surface area contributed by atoms with Crippen LogP contribution in [0.1, 0.15) is 19.8 Å². The second-order valence-electron chi connectivity index (χ2n) is 4.78. The molecule has 0 bridgehead atoms. The first-order valence-electron chi connectivity index (χ1n) is 6.96. The van der Waals surface area contributed by atoms with E-state index in [0.29, 0.717) is 18.3 Å². The molecular formula is C12H22N4O2S2. The first-order valence-corrected chi connectivity index (χ1v) is 9.49. The molecule has 0 saturated carbocycles. The van der Waals surface area contributed by atoms with Crippen molar-refractivity contribution in [1.29, 1.82) is 0 Å². The number of nitrogens with zero attached hydrogens (tertiary/aromatic N) is 2. The van der Waals surface area contributed by atoms with Gasteiger partial charge in [0.25, 0.3) is 0 Å². The smallest absolute Gasteiger partial charge is 0.243 e. The van der Waals surface area contributed by atoms with Gasteiger partial charge in [0.2, 0.25) is 10.0 Å². The summed E-state index contributed by atoms with van der Waals surface area (Å²) in [4.78, 5) is 0.247. The Morgan fingerprint density at radius 1 is 1.55 bits per heavy atom. The summed E-state index contributed by atoms with van der Waals surface area (Å²) in [5.74, 6) is 1.13. The molecule has 1 aromatic heterocycles. The first-order chi connectivity index (χ1) is 9.62. The fraction of sp³-hybridized carbons (Fsp3) is 0.750. The molecular weight excluding hydrogens is 296 g/mol. The molecule has 0 spiro atoms. The first kappa shape index (κ1) is 15.8. The van der Waals surface area contributed by atoms with Crippen molar-refractivity contribution >= 4 is 21.8 Å². The average molecular weight is 318 g/mol. The number of nitrogens with one attached hydrogen (secondary N) is 2. The van der Waals surface area contributed by atoms with E-state index in [4.69, 9.17) is 0 Å². The largest absolute Gasteiger partial charge is 0.315 e. The van der Waals surface area contributed by atoms with Crippen LogP contribution in [-0.2, 0) is 16.6 Å². The molecule has 20 heavy (non-hydrogen) atoms. The molecule has 1 fully saturated rings. The van der Waals surface area contributed by atoms with Gasteiger partial charge in [0.15, 0.2) is 0 Å². The topological polar surface area (TPSA) is 76.0 Å². The SMILES string of the molecule is CCNCCn1cc(S(=O)(=O)NCC2CCCS2)cn1. The summed E-state index contributed by atoms with van der Waals surface area (Å²) in [6, 6.07) is 0. The van der Waals surface area contributed by atoms with E-state index in [1.54, 1.807) is 10.9 Å². The molecule has 6 nitrogen and oxygen atoms in total. The zero-order chi connectivity index (χ0) is 14.4. The maximum atomic E-state index is 12.1. The molecule has 1 aliphatic rings. The van der Waals surface area contributed by atoms with Crippen molar-refractivity contribution in [2.75, 3.05) is 25.4 Å². The summed E-state index contributed by atoms with van der Waals surface area (Å²) in [6.45, 7) is 4.89. The summed E-state index contributed by atoms with van der Waals surface area (Å²) in [5.41, 5.74) is 0. The van der Waals surface area contributed by atoms with Crippen molar-refractivity contribution in [2.45, 2.75) is 36.5 Å². The highest BCUT2D eigenvalue weighted by atomic mass is 32.2. The molecule has 0 aromatic carbocycles. The van der Waals surface area contributed by atoms with Crippen LogP contribution >= 0.6 is 11.8 Å². The number of rotatable bonds is 8. The predicted molar refractivity (Wildman–Crippen MR) is 81.4 cm³/mol. The number of thioether (sulfide) groups is 1. The molecule has 1 aliphatic heterocycles. The van der Waals surface area contributed by atoms with Gasteiger partial charge < -0.3 is 5.32 Å². The second-order valence-corrected chi connectivity index (χ2v) is 7.95. The summed E-state index contributed by atoms with van der Waals surface area (Å²) < 4.78 is 28.6. The van der Waals surface area contributed by atoms with Gasteiger partial charge in [-0.2, -0.15) is 16.9 Å². The van der Waals surface area contributed by atoms with E-state index in [9.17, 15) is 8.42 Å². The van der Waals surface area contributed by atoms with Gasteiger partial charge >= 0.3 is 0 Å². The lowest BCUT2D eigenvalue weighted by Gasteiger charge is -2.09. The number of aromatic nitrogens is 2. The third-order valence-corrected chi connectivity index (χ3v) is 5.99. The lowest BCUT2D eigenvalue weighted by Crippen LogP contribution is -2.29. The molecule has 1 unspecified atom stereocenters. The van der Waals surface area contributed by atoms with Crippen LogP contribution in [0.4, 0.5) is 0 Å². The second kappa shape index (κ2) is 7.44. The van der Waals surface area contributed by atoms with E-state index in [2.05, 4.69) is 15.1 Å². The maximum absolute atomic E-state index is 12.1. The van der Waals surface area contributed by atoms with Crippen LogP contribution in [0.15, 0.2) is 17.3 Å². The molecule has 1 saturated heterocycles. The van der Waals surface area contributed by atoms with Crippen molar-refractivity contribution < 1.29 is 8.42 Å². The Balaban J connectivity index is 1.88. The third-order valence-electron chi connectivity index (χ3n) is 3.21. The minimum atomic E-state index is -3.42. The van der Waals surface area contributed by atoms with Crippen molar-refractivity contribution in [3.05, 3.63) is 12.4 Å². The Morgan fingerprint density at radius 2 is 2.40 bits per heavy atom. The Kier molecular flexibility index (Phi) is 5.88. The van der Waals surface area contributed by atoms with Gasteiger partial charge in [0.05, 0.1) is 12.7 Å². The summed E-state index contributed by atoms with van der Waals surface area (Å²) >= 11 is 1.84. The van der Waals surface area contributed by atoms with Gasteiger partial charge in [-0.3, -0.25) is 4.68 Å². The van der Waals surface area contributed by atoms with Gasteiger partial charge in [0, 0.05) is 24.5 Å². The third kappa shape index (κ3) is 4.47. The molecule has 1 aromatic rings. The van der Waals surface area contributed by atoms with E-state index in [0.717, 1.165) is 25.3 Å². The fourth-order valence-corrected chi connectivity index (χ4v) is 4.41. The van der Waals surface area contributed by atoms with Gasteiger partial charge in [-0.25, -0.2) is 13.1 Å². The van der Waals surface area contributed by atoms with Gasteiger partial charge in [-0.1, -0.05) is 6.92 Å². The van der Waals surface area contributed by atoms with Crippen LogP contribution in [-0.4, -0.2) is 48.8 Å². The number of likely N-dealkylation sites (N-methyl/N-ethyl adjacent to an activating group) is 1. The summed E-state index contributed by atoms with van der Waals surface area (Å²) in [6.07, 6.45) is 5.27. The predicted octanol–water partition coefficient (Wildman–Crippen LogP) is 0.667. The lowest BCUT2D eigenvalue weighted by molar-refractivity contribution is 0.562. The molecule has 2 rings (SSSR count). The number of hydrogen-bond donors (Lipinski definition) is 2. The number of hydrogen-bond acceptors (Lipinski definition) is 5. The van der Waals surface area contributed by atoms with E-state index in [1.165, 1.54) is 12.6 Å². The van der Waals surface area contributed by atoms with Crippen molar-refractivity contribution in [1.82, 2.24) is 19.8 Å². The number of sulfonamides is 1. The van der Waals surface area contributed by atoms with Crippen molar-refractivity contribution in [3.8, 4) is 0 Å². The minimum absolute atomic E-state index is 0.247. The molecule has 2 heterocycles. The highest BCUT2D eigenvalue weighted by Gasteiger charge is 2.21. The van der Waals surface area contributed by atoms with Crippen LogP contribution in [0.2, 0.25) is 0 Å². The highest BCUT2D eigenvalue weighted by molar-refractivity contribution is 8.00. The lowest BCUT2D eigenvalue weighted by atomic mass is 10.2. The van der Waals surface area contributed by atoms with E-state index >= 15 is 0 Å². The molecule has 0 radical (unpaired) electrons. The van der Waals surface area contributed by atoms with E-state index in [-0.39, 0.29) is 4.90 Å². The molecule has 114 valence electrons. The van der Waals surface area contributed by atoms with Crippen LogP contribution in [0, 0.1) is 0 Å². The molecule has 8 heteroatoms. The molecule has 0 aliphatic carbocycles. The van der Waals surface area contributed by atoms with Gasteiger partial charge in [-0.15, -0.1) is 0 Å². The zero-order valence-corrected chi connectivity index (χ0v) is 13.3. The van der Waals surface area contributed by atoms with Crippen molar-refractivity contribution in [3.63, 3.8) is 0 Å². The monoisotopic (exact) mass is 318 g/mol. The van der Waals surface area contributed by atoms with Crippen LogP contribution in [0.3, 0.4) is 0 Å². The quantitative estimate of drug-likeness (QED) is 0.689. The maximum Gasteiger partial charge on any atom is 0.243 e. The Morgan fingerprint density at radius 3 is 3.10 bits per heavy atom. The Hall–Kier alpha value is -0.570. The standard InChI is InChI=1S/C12H22N4O2S2/c1-2-13-5-6-16-10-12(9-14-16)20(17,18)15-8-11-4-3-7-19-11/h9-11,13,15H,2-8H2,1H3. The zero-order valence-electron chi connectivity index (χ0n) is 11.7. The minimum Gasteiger partial charge on any atom is -0.315 e. The fourth-order valence-electron chi connectivity index (χ4n) is 2.07. The Bertz CT molecular complexity index is 509. The highest BCUT2D eigenvalue weighted by Crippen LogP contribution is 2.25. The molecule has 0 amide bonds. The van der Waals surface area contributed by atoms with Crippen LogP contribution < -0.4 is 10.0 Å². The summed E-state index contributed by atoms with van der Waals surface area (Å²) in [7, 11) is -3.42. The summed E-state index contributed by atoms with van der Waals surface area (Å²) in [5, 5.41) is 7.68. The average Bonchev–Trinajstić information content (AvgIpc) is 3.08. The van der Waals surface area contributed by atoms with Gasteiger partial charge in [0.1, 0.15) is 4.90 Å². The van der Waals surface area contributed by atoms with E-state index in [1.807, 2.05) is 18.7 Å². The van der Waals surface area contributed by atoms with E-state index < -0.39 is 10.0 Å².